The smallest absolute Gasteiger partial charge is 0.306 e. The summed E-state index contributed by atoms with van der Waals surface area (Å²) in [5.41, 5.74) is 6.32. The largest absolute Gasteiger partial charge is 0.460 e. The Morgan fingerprint density at radius 2 is 0.914 bits per heavy atom. The van der Waals surface area contributed by atoms with Crippen molar-refractivity contribution in [2.45, 2.75) is 288 Å². The van der Waals surface area contributed by atoms with E-state index in [1.807, 2.05) is 0 Å². The lowest BCUT2D eigenvalue weighted by Crippen LogP contribution is -2.60. The second-order valence-electron chi connectivity index (χ2n) is 17.7. The Kier molecular flexibility index (Phi) is 37.1. The molecule has 10 nitrogen and oxygen atoms in total. The molecule has 346 valence electrons. The molecule has 1 aliphatic rings. The molecule has 58 heavy (non-hydrogen) atoms. The molecule has 0 bridgehead atoms. The van der Waals surface area contributed by atoms with Crippen LogP contribution in [-0.4, -0.2) is 93.7 Å². The maximum atomic E-state index is 13.0. The fourth-order valence-corrected chi connectivity index (χ4v) is 8.20. The third-order valence-electron chi connectivity index (χ3n) is 12.2. The van der Waals surface area contributed by atoms with Gasteiger partial charge in [0.05, 0.1) is 19.3 Å². The minimum Gasteiger partial charge on any atom is -0.460 e. The van der Waals surface area contributed by atoms with Crippen LogP contribution in [0.1, 0.15) is 239 Å². The van der Waals surface area contributed by atoms with Crippen molar-refractivity contribution in [2.75, 3.05) is 13.2 Å². The fraction of sp³-hybridized carbons (Fsp3) is 0.979. The molecule has 0 saturated carbocycles. The lowest BCUT2D eigenvalue weighted by atomic mass is 9.98. The highest BCUT2D eigenvalue weighted by atomic mass is 16.7. The van der Waals surface area contributed by atoms with Gasteiger partial charge < -0.3 is 45.5 Å². The van der Waals surface area contributed by atoms with Gasteiger partial charge in [0, 0.05) is 6.42 Å². The molecule has 0 amide bonds. The lowest BCUT2D eigenvalue weighted by Gasteiger charge is -2.40. The molecule has 8 atom stereocenters. The van der Waals surface area contributed by atoms with Crippen molar-refractivity contribution in [2.24, 2.45) is 5.73 Å². The van der Waals surface area contributed by atoms with Crippen LogP contribution in [-0.2, 0) is 19.0 Å². The molecule has 0 unspecified atom stereocenters. The molecule has 0 aromatic heterocycles. The monoisotopic (exact) mass is 830 g/mol. The van der Waals surface area contributed by atoms with E-state index in [4.69, 9.17) is 19.9 Å². The molecule has 0 spiro atoms. The van der Waals surface area contributed by atoms with Gasteiger partial charge in [0.25, 0.3) is 0 Å². The molecular formula is C48H95NO9. The van der Waals surface area contributed by atoms with Crippen LogP contribution in [0.15, 0.2) is 0 Å². The number of aliphatic hydroxyl groups is 5. The first kappa shape index (κ1) is 55.2. The SMILES string of the molecule is CCCCCCCCCCCCCCCCCCCCCCCC(=O)O[C@H](CCCCCCCCCCCCCC)[C@@H](O)[C@@H](N)CO[C@H]1O[C@H](CO)[C@H](O)[C@H](O)[C@H]1O. The topological polar surface area (TPSA) is 172 Å². The summed E-state index contributed by atoms with van der Waals surface area (Å²) in [5.74, 6) is -0.331. The van der Waals surface area contributed by atoms with Gasteiger partial charge >= 0.3 is 5.97 Å². The van der Waals surface area contributed by atoms with Gasteiger partial charge in [-0.1, -0.05) is 213 Å². The minimum atomic E-state index is -1.57. The normalized spacial score (nSPS) is 21.3. The van der Waals surface area contributed by atoms with Crippen LogP contribution < -0.4 is 5.73 Å². The zero-order valence-electron chi connectivity index (χ0n) is 37.7. The Balaban J connectivity index is 2.30. The molecule has 0 aromatic carbocycles. The highest BCUT2D eigenvalue weighted by Crippen LogP contribution is 2.23. The van der Waals surface area contributed by atoms with Gasteiger partial charge in [-0.2, -0.15) is 0 Å². The standard InChI is InChI=1S/C48H95NO9/c1-3-5-7-9-11-13-15-17-18-19-20-21-22-23-24-25-27-29-31-33-35-37-43(51)57-41(36-34-32-30-28-26-16-14-12-10-8-6-4-2)44(52)40(49)39-56-48-47(55)46(54)45(53)42(38-50)58-48/h40-42,44-48,50,52-55H,3-39,49H2,1-2H3/t40-,41+,42+,44-,45-,46-,47+,48-/m0/s1. The quantitative estimate of drug-likeness (QED) is 0.0257. The molecule has 0 aliphatic carbocycles. The number of carbonyl (C=O) groups excluding carboxylic acids is 1. The van der Waals surface area contributed by atoms with Crippen molar-refractivity contribution in [1.82, 2.24) is 0 Å². The lowest BCUT2D eigenvalue weighted by molar-refractivity contribution is -0.302. The maximum absolute atomic E-state index is 13.0. The van der Waals surface area contributed by atoms with E-state index in [9.17, 15) is 30.3 Å². The first-order valence-electron chi connectivity index (χ1n) is 24.8. The Hall–Kier alpha value is -0.850. The number of hydrogen-bond donors (Lipinski definition) is 6. The summed E-state index contributed by atoms with van der Waals surface area (Å²) in [4.78, 5) is 13.0. The number of nitrogens with two attached hydrogens (primary N) is 1. The van der Waals surface area contributed by atoms with Gasteiger partial charge in [-0.3, -0.25) is 4.79 Å². The summed E-state index contributed by atoms with van der Waals surface area (Å²) in [6.45, 7) is 3.70. The highest BCUT2D eigenvalue weighted by Gasteiger charge is 2.44. The highest BCUT2D eigenvalue weighted by molar-refractivity contribution is 5.69. The summed E-state index contributed by atoms with van der Waals surface area (Å²) in [5, 5.41) is 51.2. The van der Waals surface area contributed by atoms with Crippen LogP contribution in [0.3, 0.4) is 0 Å². The first-order valence-corrected chi connectivity index (χ1v) is 24.8. The van der Waals surface area contributed by atoms with Crippen LogP contribution in [0.5, 0.6) is 0 Å². The summed E-state index contributed by atoms with van der Waals surface area (Å²) < 4.78 is 16.9. The van der Waals surface area contributed by atoms with Gasteiger partial charge in [0.15, 0.2) is 6.29 Å². The fourth-order valence-electron chi connectivity index (χ4n) is 8.20. The first-order chi connectivity index (χ1) is 28.3. The average Bonchev–Trinajstić information content (AvgIpc) is 3.22. The summed E-state index contributed by atoms with van der Waals surface area (Å²) in [6, 6.07) is -0.966. The molecule has 7 N–H and O–H groups in total. The Bertz CT molecular complexity index is 895. The number of ether oxygens (including phenoxy) is 3. The summed E-state index contributed by atoms with van der Waals surface area (Å²) in [6.07, 6.45) is 33.6. The van der Waals surface area contributed by atoms with E-state index in [-0.39, 0.29) is 12.6 Å². The van der Waals surface area contributed by atoms with Gasteiger partial charge in [0.1, 0.15) is 36.6 Å². The van der Waals surface area contributed by atoms with Crippen molar-refractivity contribution in [3.63, 3.8) is 0 Å². The van der Waals surface area contributed by atoms with Crippen LogP contribution >= 0.6 is 0 Å². The molecule has 10 heteroatoms. The number of aliphatic hydroxyl groups excluding tert-OH is 5. The molecule has 1 aliphatic heterocycles. The number of esters is 1. The molecular weight excluding hydrogens is 735 g/mol. The van der Waals surface area contributed by atoms with Gasteiger partial charge in [-0.05, 0) is 19.3 Å². The number of unbranched alkanes of at least 4 members (excludes halogenated alkanes) is 31. The van der Waals surface area contributed by atoms with E-state index in [1.165, 1.54) is 173 Å². The Labute approximate surface area is 356 Å². The van der Waals surface area contributed by atoms with E-state index in [0.29, 0.717) is 12.8 Å². The van der Waals surface area contributed by atoms with Gasteiger partial charge in [0.2, 0.25) is 0 Å². The average molecular weight is 830 g/mol. The van der Waals surface area contributed by atoms with Crippen LogP contribution in [0.25, 0.3) is 0 Å². The van der Waals surface area contributed by atoms with E-state index < -0.39 is 55.6 Å². The third kappa shape index (κ3) is 28.6. The number of hydrogen-bond acceptors (Lipinski definition) is 10. The Morgan fingerprint density at radius 1 is 0.552 bits per heavy atom. The van der Waals surface area contributed by atoms with Crippen molar-refractivity contribution >= 4 is 5.97 Å². The van der Waals surface area contributed by atoms with Crippen LogP contribution in [0.2, 0.25) is 0 Å². The molecule has 1 fully saturated rings. The van der Waals surface area contributed by atoms with Crippen molar-refractivity contribution in [3.05, 3.63) is 0 Å². The second-order valence-corrected chi connectivity index (χ2v) is 17.7. The van der Waals surface area contributed by atoms with Crippen molar-refractivity contribution < 1.29 is 44.5 Å². The molecule has 0 radical (unpaired) electrons. The predicted molar refractivity (Wildman–Crippen MR) is 237 cm³/mol. The van der Waals surface area contributed by atoms with Gasteiger partial charge in [-0.15, -0.1) is 0 Å². The second kappa shape index (κ2) is 39.0. The summed E-state index contributed by atoms with van der Waals surface area (Å²) in [7, 11) is 0. The Morgan fingerprint density at radius 3 is 1.29 bits per heavy atom. The van der Waals surface area contributed by atoms with E-state index in [1.54, 1.807) is 0 Å². The van der Waals surface area contributed by atoms with Gasteiger partial charge in [-0.25, -0.2) is 0 Å². The van der Waals surface area contributed by atoms with E-state index in [0.717, 1.165) is 38.5 Å². The number of rotatable bonds is 42. The van der Waals surface area contributed by atoms with E-state index >= 15 is 0 Å². The maximum Gasteiger partial charge on any atom is 0.306 e. The van der Waals surface area contributed by atoms with Crippen molar-refractivity contribution in [3.8, 4) is 0 Å². The number of carbonyl (C=O) groups is 1. The van der Waals surface area contributed by atoms with Crippen LogP contribution in [0.4, 0.5) is 0 Å². The zero-order chi connectivity index (χ0) is 42.5. The molecule has 0 aromatic rings. The minimum absolute atomic E-state index is 0.254. The third-order valence-corrected chi connectivity index (χ3v) is 12.2. The molecule has 1 rings (SSSR count). The zero-order valence-corrected chi connectivity index (χ0v) is 37.7. The molecule has 1 saturated heterocycles. The van der Waals surface area contributed by atoms with Crippen LogP contribution in [0, 0.1) is 0 Å². The summed E-state index contributed by atoms with van der Waals surface area (Å²) >= 11 is 0. The predicted octanol–water partition coefficient (Wildman–Crippen LogP) is 10.1. The van der Waals surface area contributed by atoms with E-state index in [2.05, 4.69) is 13.8 Å². The molecule has 1 heterocycles. The van der Waals surface area contributed by atoms with Crippen molar-refractivity contribution in [1.29, 1.82) is 0 Å².